The number of hydrogen-bond donors (Lipinski definition) is 2. The Bertz CT molecular complexity index is 71.7. The van der Waals surface area contributed by atoms with Crippen LogP contribution in [0.4, 0.5) is 0 Å². The quantitative estimate of drug-likeness (QED) is 0.427. The Kier molecular flexibility index (Phi) is 1.85. The van der Waals surface area contributed by atoms with Gasteiger partial charge in [-0.3, -0.25) is 0 Å². The summed E-state index contributed by atoms with van der Waals surface area (Å²) in [5.74, 6) is 0. The Labute approximate surface area is 47.2 Å². The standard InChI is InChI=1S/C3H7BO4/c5-4(6)8-3-1-7-2-3/h3,5-6H,1-2H2. The Morgan fingerprint density at radius 3 is 2.25 bits per heavy atom. The van der Waals surface area contributed by atoms with Gasteiger partial charge in [-0.25, -0.2) is 0 Å². The lowest BCUT2D eigenvalue weighted by Crippen LogP contribution is -2.40. The Morgan fingerprint density at radius 2 is 2.12 bits per heavy atom. The molecule has 0 aromatic carbocycles. The van der Waals surface area contributed by atoms with E-state index < -0.39 is 7.32 Å². The molecule has 0 aromatic heterocycles. The van der Waals surface area contributed by atoms with Crippen LogP contribution in [-0.2, 0) is 9.39 Å². The molecular formula is C3H7BO4. The first-order valence-electron chi connectivity index (χ1n) is 2.38. The van der Waals surface area contributed by atoms with Crippen LogP contribution in [0.3, 0.4) is 0 Å². The zero-order valence-corrected chi connectivity index (χ0v) is 4.28. The fourth-order valence-corrected chi connectivity index (χ4v) is 0.465. The van der Waals surface area contributed by atoms with E-state index in [0.29, 0.717) is 13.2 Å². The van der Waals surface area contributed by atoms with Crippen LogP contribution >= 0.6 is 0 Å². The van der Waals surface area contributed by atoms with E-state index in [1.54, 1.807) is 0 Å². The molecule has 0 saturated carbocycles. The molecule has 0 bridgehead atoms. The summed E-state index contributed by atoms with van der Waals surface area (Å²) < 4.78 is 9.16. The first kappa shape index (κ1) is 6.03. The molecule has 0 radical (unpaired) electrons. The first-order valence-corrected chi connectivity index (χ1v) is 2.38. The van der Waals surface area contributed by atoms with E-state index in [0.717, 1.165) is 0 Å². The van der Waals surface area contributed by atoms with Crippen molar-refractivity contribution in [1.29, 1.82) is 0 Å². The van der Waals surface area contributed by atoms with Gasteiger partial charge in [0.05, 0.1) is 19.3 Å². The van der Waals surface area contributed by atoms with Gasteiger partial charge >= 0.3 is 7.32 Å². The van der Waals surface area contributed by atoms with E-state index in [9.17, 15) is 0 Å². The summed E-state index contributed by atoms with van der Waals surface area (Å²) in [7, 11) is -1.65. The molecule has 1 fully saturated rings. The summed E-state index contributed by atoms with van der Waals surface area (Å²) in [5.41, 5.74) is 0. The monoisotopic (exact) mass is 118 g/mol. The van der Waals surface area contributed by atoms with Crippen LogP contribution in [0.5, 0.6) is 0 Å². The van der Waals surface area contributed by atoms with E-state index in [-0.39, 0.29) is 6.10 Å². The SMILES string of the molecule is OB(O)OC1COC1. The van der Waals surface area contributed by atoms with Crippen molar-refractivity contribution < 1.29 is 19.4 Å². The van der Waals surface area contributed by atoms with Gasteiger partial charge in [0.15, 0.2) is 0 Å². The second-order valence-corrected chi connectivity index (χ2v) is 1.62. The van der Waals surface area contributed by atoms with E-state index in [1.165, 1.54) is 0 Å². The zero-order valence-electron chi connectivity index (χ0n) is 4.28. The molecule has 1 saturated heterocycles. The van der Waals surface area contributed by atoms with E-state index >= 15 is 0 Å². The molecule has 4 nitrogen and oxygen atoms in total. The van der Waals surface area contributed by atoms with Crippen molar-refractivity contribution in [3.63, 3.8) is 0 Å². The molecule has 0 atom stereocenters. The van der Waals surface area contributed by atoms with Crippen LogP contribution in [0.2, 0.25) is 0 Å². The van der Waals surface area contributed by atoms with Crippen molar-refractivity contribution in [3.05, 3.63) is 0 Å². The summed E-state index contributed by atoms with van der Waals surface area (Å²) in [6.45, 7) is 0.940. The third kappa shape index (κ3) is 1.45. The third-order valence-corrected chi connectivity index (χ3v) is 0.922. The molecule has 0 amide bonds. The third-order valence-electron chi connectivity index (χ3n) is 0.922. The molecule has 0 aliphatic carbocycles. The van der Waals surface area contributed by atoms with Crippen molar-refractivity contribution in [1.82, 2.24) is 0 Å². The maximum atomic E-state index is 8.17. The summed E-state index contributed by atoms with van der Waals surface area (Å²) in [6, 6.07) is 0. The largest absolute Gasteiger partial charge is 0.634 e. The van der Waals surface area contributed by atoms with Crippen molar-refractivity contribution in [3.8, 4) is 0 Å². The lowest BCUT2D eigenvalue weighted by molar-refractivity contribution is -0.0957. The highest BCUT2D eigenvalue weighted by molar-refractivity contribution is 6.32. The Balaban J connectivity index is 2.01. The fraction of sp³-hybridized carbons (Fsp3) is 1.00. The predicted molar refractivity (Wildman–Crippen MR) is 25.9 cm³/mol. The minimum atomic E-state index is -1.65. The van der Waals surface area contributed by atoms with Crippen LogP contribution in [0.1, 0.15) is 0 Å². The lowest BCUT2D eigenvalue weighted by Gasteiger charge is -2.25. The smallest absolute Gasteiger partial charge is 0.402 e. The van der Waals surface area contributed by atoms with Crippen LogP contribution in [-0.4, -0.2) is 36.7 Å². The zero-order chi connectivity index (χ0) is 5.98. The highest BCUT2D eigenvalue weighted by atomic mass is 16.7. The van der Waals surface area contributed by atoms with Gasteiger partial charge in [-0.1, -0.05) is 0 Å². The van der Waals surface area contributed by atoms with Crippen molar-refractivity contribution >= 4 is 7.32 Å². The molecule has 0 spiro atoms. The fourth-order valence-electron chi connectivity index (χ4n) is 0.465. The van der Waals surface area contributed by atoms with Crippen LogP contribution in [0.25, 0.3) is 0 Å². The van der Waals surface area contributed by atoms with Gasteiger partial charge in [0, 0.05) is 0 Å². The summed E-state index contributed by atoms with van der Waals surface area (Å²) >= 11 is 0. The van der Waals surface area contributed by atoms with Gasteiger partial charge in [-0.05, 0) is 0 Å². The van der Waals surface area contributed by atoms with Gasteiger partial charge < -0.3 is 19.4 Å². The second-order valence-electron chi connectivity index (χ2n) is 1.62. The molecule has 8 heavy (non-hydrogen) atoms. The minimum absolute atomic E-state index is 0.116. The highest BCUT2D eigenvalue weighted by Gasteiger charge is 2.24. The Hall–Kier alpha value is -0.0951. The van der Waals surface area contributed by atoms with Crippen molar-refractivity contribution in [2.24, 2.45) is 0 Å². The van der Waals surface area contributed by atoms with Gasteiger partial charge in [0.25, 0.3) is 0 Å². The second kappa shape index (κ2) is 2.45. The molecule has 0 unspecified atom stereocenters. The molecular weight excluding hydrogens is 111 g/mol. The highest BCUT2D eigenvalue weighted by Crippen LogP contribution is 2.04. The molecule has 5 heteroatoms. The topological polar surface area (TPSA) is 58.9 Å². The van der Waals surface area contributed by atoms with Gasteiger partial charge in [0.2, 0.25) is 0 Å². The summed E-state index contributed by atoms with van der Waals surface area (Å²) in [5, 5.41) is 16.3. The van der Waals surface area contributed by atoms with E-state index in [2.05, 4.69) is 9.39 Å². The van der Waals surface area contributed by atoms with E-state index in [1.807, 2.05) is 0 Å². The number of hydrogen-bond acceptors (Lipinski definition) is 4. The molecule has 1 heterocycles. The lowest BCUT2D eigenvalue weighted by atomic mass is 10.2. The van der Waals surface area contributed by atoms with E-state index in [4.69, 9.17) is 10.0 Å². The number of rotatable bonds is 2. The van der Waals surface area contributed by atoms with Gasteiger partial charge in [-0.15, -0.1) is 0 Å². The number of ether oxygens (including phenoxy) is 1. The Morgan fingerprint density at radius 1 is 1.50 bits per heavy atom. The maximum absolute atomic E-state index is 8.17. The first-order chi connectivity index (χ1) is 3.79. The average molecular weight is 118 g/mol. The molecule has 1 rings (SSSR count). The van der Waals surface area contributed by atoms with Crippen LogP contribution < -0.4 is 0 Å². The normalized spacial score (nSPS) is 20.2. The maximum Gasteiger partial charge on any atom is 0.634 e. The molecule has 46 valence electrons. The minimum Gasteiger partial charge on any atom is -0.402 e. The predicted octanol–water partition coefficient (Wildman–Crippen LogP) is -1.63. The molecule has 1 aliphatic rings. The molecule has 1 aliphatic heterocycles. The molecule has 2 N–H and O–H groups in total. The van der Waals surface area contributed by atoms with Gasteiger partial charge in [0.1, 0.15) is 0 Å². The van der Waals surface area contributed by atoms with Crippen molar-refractivity contribution in [2.45, 2.75) is 6.10 Å². The summed E-state index contributed by atoms with van der Waals surface area (Å²) in [6.07, 6.45) is -0.116. The van der Waals surface area contributed by atoms with Crippen LogP contribution in [0.15, 0.2) is 0 Å². The average Bonchev–Trinajstić information content (AvgIpc) is 1.55. The van der Waals surface area contributed by atoms with Crippen molar-refractivity contribution in [2.75, 3.05) is 13.2 Å². The van der Waals surface area contributed by atoms with Crippen LogP contribution in [0, 0.1) is 0 Å². The summed E-state index contributed by atoms with van der Waals surface area (Å²) in [4.78, 5) is 0. The molecule has 0 aromatic rings. The van der Waals surface area contributed by atoms with Gasteiger partial charge in [-0.2, -0.15) is 0 Å².